The highest BCUT2D eigenvalue weighted by Crippen LogP contribution is 2.38. The number of anilines is 1. The fourth-order valence-corrected chi connectivity index (χ4v) is 2.41. The summed E-state index contributed by atoms with van der Waals surface area (Å²) in [6, 6.07) is 14.8. The first kappa shape index (κ1) is 13.2. The molecule has 1 atom stereocenters. The van der Waals surface area contributed by atoms with Crippen LogP contribution in [0.4, 0.5) is 5.69 Å². The first-order valence-corrected chi connectivity index (χ1v) is 6.59. The van der Waals surface area contributed by atoms with Gasteiger partial charge in [-0.1, -0.05) is 24.3 Å². The van der Waals surface area contributed by atoms with Crippen LogP contribution in [0.5, 0.6) is 5.75 Å². The third kappa shape index (κ3) is 2.48. The summed E-state index contributed by atoms with van der Waals surface area (Å²) in [6.07, 6.45) is 1.52. The molecule has 0 saturated carbocycles. The lowest BCUT2D eigenvalue weighted by molar-refractivity contribution is -0.136. The predicted molar refractivity (Wildman–Crippen MR) is 80.7 cm³/mol. The van der Waals surface area contributed by atoms with E-state index in [-0.39, 0.29) is 5.97 Å². The molecule has 0 bridgehead atoms. The van der Waals surface area contributed by atoms with E-state index in [2.05, 4.69) is 0 Å². The number of ether oxygens (including phenoxy) is 2. The van der Waals surface area contributed by atoms with E-state index in [4.69, 9.17) is 15.2 Å². The normalized spacial score (nSPS) is 17.3. The Kier molecular flexibility index (Phi) is 3.36. The first-order chi connectivity index (χ1) is 10.2. The van der Waals surface area contributed by atoms with E-state index in [0.29, 0.717) is 5.69 Å². The SMILES string of the molecule is COc1ccc(C2=COC(=O)C2c2ccc(N)cc2)cc1. The van der Waals surface area contributed by atoms with Crippen molar-refractivity contribution in [3.8, 4) is 5.75 Å². The number of nitrogen functional groups attached to an aromatic ring is 1. The Morgan fingerprint density at radius 2 is 1.71 bits per heavy atom. The average Bonchev–Trinajstić information content (AvgIpc) is 2.90. The van der Waals surface area contributed by atoms with Gasteiger partial charge < -0.3 is 15.2 Å². The fraction of sp³-hybridized carbons (Fsp3) is 0.118. The van der Waals surface area contributed by atoms with Crippen molar-refractivity contribution in [2.75, 3.05) is 12.8 Å². The van der Waals surface area contributed by atoms with Crippen LogP contribution in [0.2, 0.25) is 0 Å². The van der Waals surface area contributed by atoms with Crippen LogP contribution in [0.3, 0.4) is 0 Å². The highest BCUT2D eigenvalue weighted by atomic mass is 16.5. The van der Waals surface area contributed by atoms with E-state index in [1.54, 1.807) is 19.2 Å². The second-order valence-corrected chi connectivity index (χ2v) is 4.84. The van der Waals surface area contributed by atoms with Crippen LogP contribution in [-0.2, 0) is 9.53 Å². The van der Waals surface area contributed by atoms with Crippen LogP contribution in [0, 0.1) is 0 Å². The molecule has 4 nitrogen and oxygen atoms in total. The molecule has 0 radical (unpaired) electrons. The van der Waals surface area contributed by atoms with Crippen LogP contribution >= 0.6 is 0 Å². The molecule has 0 aromatic heterocycles. The van der Waals surface area contributed by atoms with Gasteiger partial charge in [-0.2, -0.15) is 0 Å². The summed E-state index contributed by atoms with van der Waals surface area (Å²) in [7, 11) is 1.62. The van der Waals surface area contributed by atoms with Gasteiger partial charge in [0.15, 0.2) is 0 Å². The summed E-state index contributed by atoms with van der Waals surface area (Å²) in [5, 5.41) is 0. The van der Waals surface area contributed by atoms with Crippen molar-refractivity contribution >= 4 is 17.2 Å². The number of cyclic esters (lactones) is 1. The van der Waals surface area contributed by atoms with E-state index in [9.17, 15) is 4.79 Å². The van der Waals surface area contributed by atoms with Crippen LogP contribution < -0.4 is 10.5 Å². The van der Waals surface area contributed by atoms with Gasteiger partial charge in [0.2, 0.25) is 0 Å². The number of hydrogen-bond donors (Lipinski definition) is 1. The summed E-state index contributed by atoms with van der Waals surface area (Å²) in [5.41, 5.74) is 9.00. The zero-order chi connectivity index (χ0) is 14.8. The summed E-state index contributed by atoms with van der Waals surface area (Å²) in [6.45, 7) is 0. The van der Waals surface area contributed by atoms with Gasteiger partial charge >= 0.3 is 5.97 Å². The van der Waals surface area contributed by atoms with Crippen molar-refractivity contribution in [3.63, 3.8) is 0 Å². The van der Waals surface area contributed by atoms with Crippen molar-refractivity contribution in [1.29, 1.82) is 0 Å². The molecule has 1 unspecified atom stereocenters. The smallest absolute Gasteiger partial charge is 0.322 e. The predicted octanol–water partition coefficient (Wildman–Crippen LogP) is 2.96. The zero-order valence-corrected chi connectivity index (χ0v) is 11.6. The Bertz CT molecular complexity index is 687. The van der Waals surface area contributed by atoms with E-state index in [0.717, 1.165) is 22.4 Å². The topological polar surface area (TPSA) is 61.5 Å². The summed E-state index contributed by atoms with van der Waals surface area (Å²) in [5.74, 6) is 0.0817. The highest BCUT2D eigenvalue weighted by Gasteiger charge is 2.32. The quantitative estimate of drug-likeness (QED) is 0.694. The van der Waals surface area contributed by atoms with Gasteiger partial charge in [-0.25, -0.2) is 0 Å². The molecule has 1 aliphatic rings. The molecule has 0 amide bonds. The van der Waals surface area contributed by atoms with Crippen molar-refractivity contribution in [3.05, 3.63) is 65.9 Å². The number of carbonyl (C=O) groups is 1. The molecule has 2 N–H and O–H groups in total. The minimum atomic E-state index is -0.418. The monoisotopic (exact) mass is 281 g/mol. The summed E-state index contributed by atoms with van der Waals surface area (Å²) < 4.78 is 10.3. The van der Waals surface area contributed by atoms with Crippen LogP contribution in [-0.4, -0.2) is 13.1 Å². The van der Waals surface area contributed by atoms with Gasteiger partial charge in [-0.05, 0) is 35.4 Å². The third-order valence-corrected chi connectivity index (χ3v) is 3.54. The fourth-order valence-electron chi connectivity index (χ4n) is 2.41. The Morgan fingerprint density at radius 1 is 1.05 bits per heavy atom. The van der Waals surface area contributed by atoms with E-state index in [1.807, 2.05) is 36.4 Å². The molecular weight excluding hydrogens is 266 g/mol. The van der Waals surface area contributed by atoms with E-state index >= 15 is 0 Å². The number of benzene rings is 2. The van der Waals surface area contributed by atoms with E-state index < -0.39 is 5.92 Å². The molecule has 0 fully saturated rings. The van der Waals surface area contributed by atoms with Crippen molar-refractivity contribution in [2.24, 2.45) is 0 Å². The Hall–Kier alpha value is -2.75. The number of nitrogens with two attached hydrogens (primary N) is 1. The van der Waals surface area contributed by atoms with Gasteiger partial charge in [0.1, 0.15) is 11.7 Å². The Balaban J connectivity index is 1.96. The number of rotatable bonds is 3. The molecule has 1 heterocycles. The first-order valence-electron chi connectivity index (χ1n) is 6.59. The van der Waals surface area contributed by atoms with Crippen LogP contribution in [0.1, 0.15) is 17.0 Å². The molecule has 0 aliphatic carbocycles. The van der Waals surface area contributed by atoms with Crippen molar-refractivity contribution in [1.82, 2.24) is 0 Å². The van der Waals surface area contributed by atoms with Crippen LogP contribution in [0.15, 0.2) is 54.8 Å². The molecule has 1 aliphatic heterocycles. The number of hydrogen-bond acceptors (Lipinski definition) is 4. The third-order valence-electron chi connectivity index (χ3n) is 3.54. The Morgan fingerprint density at radius 3 is 2.33 bits per heavy atom. The number of esters is 1. The van der Waals surface area contributed by atoms with E-state index in [1.165, 1.54) is 6.26 Å². The van der Waals surface area contributed by atoms with Gasteiger partial charge in [0.05, 0.1) is 13.4 Å². The summed E-state index contributed by atoms with van der Waals surface area (Å²) in [4.78, 5) is 12.0. The maximum Gasteiger partial charge on any atom is 0.322 e. The molecule has 3 rings (SSSR count). The van der Waals surface area contributed by atoms with Crippen LogP contribution in [0.25, 0.3) is 5.57 Å². The molecular formula is C17H15NO3. The molecule has 106 valence electrons. The highest BCUT2D eigenvalue weighted by molar-refractivity contribution is 5.98. The largest absolute Gasteiger partial charge is 0.497 e. The zero-order valence-electron chi connectivity index (χ0n) is 11.6. The lowest BCUT2D eigenvalue weighted by Gasteiger charge is -2.12. The maximum absolute atomic E-state index is 12.0. The van der Waals surface area contributed by atoms with Crippen molar-refractivity contribution in [2.45, 2.75) is 5.92 Å². The molecule has 2 aromatic carbocycles. The lowest BCUT2D eigenvalue weighted by Crippen LogP contribution is -2.09. The van der Waals surface area contributed by atoms with Gasteiger partial charge in [0, 0.05) is 11.3 Å². The average molecular weight is 281 g/mol. The summed E-state index contributed by atoms with van der Waals surface area (Å²) >= 11 is 0. The van der Waals surface area contributed by atoms with Crippen molar-refractivity contribution < 1.29 is 14.3 Å². The second-order valence-electron chi connectivity index (χ2n) is 4.84. The molecule has 0 saturated heterocycles. The second kappa shape index (κ2) is 5.32. The molecule has 2 aromatic rings. The number of methoxy groups -OCH3 is 1. The van der Waals surface area contributed by atoms with Gasteiger partial charge in [-0.3, -0.25) is 4.79 Å². The minimum absolute atomic E-state index is 0.273. The van der Waals surface area contributed by atoms with Gasteiger partial charge in [0.25, 0.3) is 0 Å². The number of carbonyl (C=O) groups excluding carboxylic acids is 1. The maximum atomic E-state index is 12.0. The molecule has 4 heteroatoms. The Labute approximate surface area is 122 Å². The lowest BCUT2D eigenvalue weighted by atomic mass is 9.88. The minimum Gasteiger partial charge on any atom is -0.497 e. The molecule has 21 heavy (non-hydrogen) atoms. The standard InChI is InChI=1S/C17H15NO3/c1-20-14-8-4-11(5-9-14)15-10-21-17(19)16(15)12-2-6-13(18)7-3-12/h2-10,16H,18H2,1H3. The molecule has 0 spiro atoms. The van der Waals surface area contributed by atoms with Gasteiger partial charge in [-0.15, -0.1) is 0 Å².